The van der Waals surface area contributed by atoms with Gasteiger partial charge in [-0.2, -0.15) is 0 Å². The number of rotatable bonds is 4. The second kappa shape index (κ2) is 4.88. The van der Waals surface area contributed by atoms with Gasteiger partial charge in [-0.25, -0.2) is 0 Å². The second-order valence-electron chi connectivity index (χ2n) is 4.92. The van der Waals surface area contributed by atoms with Gasteiger partial charge in [-0.05, 0) is 44.7 Å². The molecule has 88 valence electrons. The molecule has 2 heteroatoms. The highest BCUT2D eigenvalue weighted by atomic mass is 15.2. The normalized spacial score (nSPS) is 16.2. The van der Waals surface area contributed by atoms with Crippen LogP contribution < -0.4 is 10.6 Å². The Balaban J connectivity index is 2.30. The van der Waals surface area contributed by atoms with Crippen molar-refractivity contribution in [3.05, 3.63) is 29.8 Å². The Hall–Kier alpha value is -1.02. The predicted octanol–water partition coefficient (Wildman–Crippen LogP) is 2.91. The maximum Gasteiger partial charge on any atom is 0.0416 e. The lowest BCUT2D eigenvalue weighted by Gasteiger charge is -2.43. The van der Waals surface area contributed by atoms with Crippen molar-refractivity contribution in [3.8, 4) is 0 Å². The number of benzene rings is 1. The molecule has 2 nitrogen and oxygen atoms in total. The minimum Gasteiger partial charge on any atom is -0.366 e. The highest BCUT2D eigenvalue weighted by molar-refractivity contribution is 5.55. The van der Waals surface area contributed by atoms with E-state index < -0.39 is 0 Å². The molecule has 0 radical (unpaired) electrons. The van der Waals surface area contributed by atoms with Crippen LogP contribution in [0.2, 0.25) is 0 Å². The number of nitrogens with two attached hydrogens (primary N) is 1. The number of anilines is 1. The molecule has 1 aliphatic carbocycles. The molecule has 0 unspecified atom stereocenters. The quantitative estimate of drug-likeness (QED) is 0.842. The van der Waals surface area contributed by atoms with Gasteiger partial charge in [-0.3, -0.25) is 0 Å². The van der Waals surface area contributed by atoms with E-state index in [1.165, 1.54) is 30.5 Å². The van der Waals surface area contributed by atoms with E-state index in [2.05, 4.69) is 43.0 Å². The topological polar surface area (TPSA) is 29.3 Å². The molecule has 0 bridgehead atoms. The summed E-state index contributed by atoms with van der Waals surface area (Å²) >= 11 is 0. The van der Waals surface area contributed by atoms with Gasteiger partial charge in [0.1, 0.15) is 0 Å². The van der Waals surface area contributed by atoms with E-state index in [4.69, 9.17) is 5.73 Å². The minimum atomic E-state index is 0.554. The number of hydrogen-bond acceptors (Lipinski definition) is 2. The summed E-state index contributed by atoms with van der Waals surface area (Å²) in [6, 6.07) is 9.82. The lowest BCUT2D eigenvalue weighted by atomic mass is 9.89. The van der Waals surface area contributed by atoms with Gasteiger partial charge in [0, 0.05) is 24.3 Å². The van der Waals surface area contributed by atoms with E-state index >= 15 is 0 Å². The monoisotopic (exact) mass is 218 g/mol. The van der Waals surface area contributed by atoms with E-state index in [0.717, 1.165) is 6.04 Å². The van der Waals surface area contributed by atoms with Gasteiger partial charge in [0.15, 0.2) is 0 Å². The van der Waals surface area contributed by atoms with Crippen LogP contribution in [-0.2, 0) is 6.54 Å². The van der Waals surface area contributed by atoms with E-state index in [9.17, 15) is 0 Å². The Bertz CT molecular complexity index is 342. The lowest BCUT2D eigenvalue weighted by Crippen LogP contribution is -2.45. The van der Waals surface area contributed by atoms with E-state index in [-0.39, 0.29) is 0 Å². The number of hydrogen-bond donors (Lipinski definition) is 1. The van der Waals surface area contributed by atoms with E-state index in [1.807, 2.05) is 0 Å². The molecular formula is C14H22N2. The molecule has 0 aliphatic heterocycles. The zero-order chi connectivity index (χ0) is 11.5. The summed E-state index contributed by atoms with van der Waals surface area (Å²) in [5.41, 5.74) is 8.43. The van der Waals surface area contributed by atoms with Crippen LogP contribution in [0.25, 0.3) is 0 Å². The summed E-state index contributed by atoms with van der Waals surface area (Å²) in [5.74, 6) is 0. The van der Waals surface area contributed by atoms with Gasteiger partial charge in [0.2, 0.25) is 0 Å². The average molecular weight is 218 g/mol. The van der Waals surface area contributed by atoms with Gasteiger partial charge < -0.3 is 10.6 Å². The van der Waals surface area contributed by atoms with Crippen LogP contribution in [0, 0.1) is 0 Å². The van der Waals surface area contributed by atoms with Crippen LogP contribution in [-0.4, -0.2) is 12.1 Å². The molecule has 0 atom stereocenters. The third-order valence-corrected chi connectivity index (χ3v) is 3.51. The van der Waals surface area contributed by atoms with Crippen molar-refractivity contribution < 1.29 is 0 Å². The van der Waals surface area contributed by atoms with Crippen molar-refractivity contribution in [1.82, 2.24) is 0 Å². The summed E-state index contributed by atoms with van der Waals surface area (Å²) in [4.78, 5) is 2.55. The molecule has 0 spiro atoms. The Morgan fingerprint density at radius 2 is 2.00 bits per heavy atom. The molecule has 1 saturated carbocycles. The minimum absolute atomic E-state index is 0.554. The Kier molecular flexibility index (Phi) is 3.49. The van der Waals surface area contributed by atoms with Gasteiger partial charge >= 0.3 is 0 Å². The molecule has 2 N–H and O–H groups in total. The van der Waals surface area contributed by atoms with Crippen molar-refractivity contribution >= 4 is 5.69 Å². The smallest absolute Gasteiger partial charge is 0.0416 e. The fourth-order valence-electron chi connectivity index (χ4n) is 2.50. The highest BCUT2D eigenvalue weighted by Crippen LogP contribution is 2.33. The van der Waals surface area contributed by atoms with Crippen molar-refractivity contribution in [2.24, 2.45) is 5.73 Å². The SMILES string of the molecule is CC(C)N(c1ccccc1CN)C1CCC1. The second-order valence-corrected chi connectivity index (χ2v) is 4.92. The maximum atomic E-state index is 5.82. The zero-order valence-electron chi connectivity index (χ0n) is 10.3. The molecule has 1 aromatic rings. The molecule has 2 rings (SSSR count). The Morgan fingerprint density at radius 3 is 2.50 bits per heavy atom. The standard InChI is InChI=1S/C14H22N2/c1-11(2)16(13-7-5-8-13)14-9-4-3-6-12(14)10-15/h3-4,6,9,11,13H,5,7-8,10,15H2,1-2H3. The first kappa shape index (κ1) is 11.5. The molecule has 1 aromatic carbocycles. The lowest BCUT2D eigenvalue weighted by molar-refractivity contribution is 0.368. The number of para-hydroxylation sites is 1. The summed E-state index contributed by atoms with van der Waals surface area (Å²) in [6.45, 7) is 5.17. The fraction of sp³-hybridized carbons (Fsp3) is 0.571. The van der Waals surface area contributed by atoms with Crippen LogP contribution in [0.5, 0.6) is 0 Å². The van der Waals surface area contributed by atoms with Gasteiger partial charge in [0.05, 0.1) is 0 Å². The van der Waals surface area contributed by atoms with Crippen molar-refractivity contribution in [3.63, 3.8) is 0 Å². The molecule has 1 aliphatic rings. The van der Waals surface area contributed by atoms with Gasteiger partial charge in [-0.1, -0.05) is 18.2 Å². The molecule has 16 heavy (non-hydrogen) atoms. The summed E-state index contributed by atoms with van der Waals surface area (Å²) in [7, 11) is 0. The third-order valence-electron chi connectivity index (χ3n) is 3.51. The van der Waals surface area contributed by atoms with Crippen LogP contribution in [0.3, 0.4) is 0 Å². The first-order chi connectivity index (χ1) is 7.74. The molecular weight excluding hydrogens is 196 g/mol. The molecule has 1 fully saturated rings. The average Bonchev–Trinajstić information content (AvgIpc) is 2.22. The van der Waals surface area contributed by atoms with Crippen LogP contribution in [0.1, 0.15) is 38.7 Å². The fourth-order valence-corrected chi connectivity index (χ4v) is 2.50. The molecule has 0 amide bonds. The summed E-state index contributed by atoms with van der Waals surface area (Å²) in [6.07, 6.45) is 4.03. The summed E-state index contributed by atoms with van der Waals surface area (Å²) in [5, 5.41) is 0. The summed E-state index contributed by atoms with van der Waals surface area (Å²) < 4.78 is 0. The van der Waals surface area contributed by atoms with E-state index in [1.54, 1.807) is 0 Å². The third kappa shape index (κ3) is 2.07. The highest BCUT2D eigenvalue weighted by Gasteiger charge is 2.27. The van der Waals surface area contributed by atoms with Crippen LogP contribution >= 0.6 is 0 Å². The first-order valence-corrected chi connectivity index (χ1v) is 6.30. The van der Waals surface area contributed by atoms with Crippen molar-refractivity contribution in [2.45, 2.75) is 51.7 Å². The Labute approximate surface area is 98.4 Å². The predicted molar refractivity (Wildman–Crippen MR) is 69.6 cm³/mol. The molecule has 0 heterocycles. The molecule has 0 saturated heterocycles. The van der Waals surface area contributed by atoms with E-state index in [0.29, 0.717) is 12.6 Å². The first-order valence-electron chi connectivity index (χ1n) is 6.30. The molecule has 0 aromatic heterocycles. The van der Waals surface area contributed by atoms with Crippen molar-refractivity contribution in [1.29, 1.82) is 0 Å². The largest absolute Gasteiger partial charge is 0.366 e. The number of nitrogens with zero attached hydrogens (tertiary/aromatic N) is 1. The van der Waals surface area contributed by atoms with Gasteiger partial charge in [-0.15, -0.1) is 0 Å². The van der Waals surface area contributed by atoms with Gasteiger partial charge in [0.25, 0.3) is 0 Å². The van der Waals surface area contributed by atoms with Crippen molar-refractivity contribution in [2.75, 3.05) is 4.90 Å². The Morgan fingerprint density at radius 1 is 1.31 bits per heavy atom. The zero-order valence-corrected chi connectivity index (χ0v) is 10.3. The van der Waals surface area contributed by atoms with Crippen LogP contribution in [0.15, 0.2) is 24.3 Å². The van der Waals surface area contributed by atoms with Crippen LogP contribution in [0.4, 0.5) is 5.69 Å². The maximum absolute atomic E-state index is 5.82.